The minimum absolute atomic E-state index is 0.0186. The summed E-state index contributed by atoms with van der Waals surface area (Å²) in [6.07, 6.45) is 2.33. The second-order valence-corrected chi connectivity index (χ2v) is 6.63. The first-order valence-corrected chi connectivity index (χ1v) is 7.13. The van der Waals surface area contributed by atoms with Crippen LogP contribution in [0.15, 0.2) is 0 Å². The Balaban J connectivity index is 2.18. The summed E-state index contributed by atoms with van der Waals surface area (Å²) < 4.78 is 0. The van der Waals surface area contributed by atoms with Crippen molar-refractivity contribution in [1.82, 2.24) is 10.2 Å². The molecule has 6 heteroatoms. The van der Waals surface area contributed by atoms with Gasteiger partial charge in [0.05, 0.1) is 0 Å². The van der Waals surface area contributed by atoms with Crippen LogP contribution >= 0.6 is 0 Å². The van der Waals surface area contributed by atoms with Crippen LogP contribution in [0, 0.1) is 11.8 Å². The van der Waals surface area contributed by atoms with Crippen molar-refractivity contribution in [2.75, 3.05) is 6.54 Å². The highest BCUT2D eigenvalue weighted by Crippen LogP contribution is 2.31. The maximum atomic E-state index is 12.7. The molecule has 0 radical (unpaired) electrons. The van der Waals surface area contributed by atoms with Crippen LogP contribution in [0.5, 0.6) is 0 Å². The number of carbonyl (C=O) groups is 3. The van der Waals surface area contributed by atoms with E-state index in [4.69, 9.17) is 5.73 Å². The van der Waals surface area contributed by atoms with E-state index in [1.54, 1.807) is 13.8 Å². The molecule has 0 aromatic heterocycles. The lowest BCUT2D eigenvalue weighted by Gasteiger charge is -2.43. The zero-order valence-electron chi connectivity index (χ0n) is 12.3. The molecule has 20 heavy (non-hydrogen) atoms. The van der Waals surface area contributed by atoms with Crippen LogP contribution in [0.2, 0.25) is 0 Å². The number of hydrogen-bond donors (Lipinski definition) is 2. The molecule has 0 bridgehead atoms. The Labute approximate surface area is 119 Å². The van der Waals surface area contributed by atoms with Gasteiger partial charge in [-0.25, -0.2) is 0 Å². The van der Waals surface area contributed by atoms with E-state index >= 15 is 0 Å². The first kappa shape index (κ1) is 15.0. The Kier molecular flexibility index (Phi) is 3.86. The molecular formula is C14H23N3O3. The van der Waals surface area contributed by atoms with Gasteiger partial charge in [-0.2, -0.15) is 0 Å². The van der Waals surface area contributed by atoms with Crippen LogP contribution in [-0.2, 0) is 14.4 Å². The molecule has 0 spiro atoms. The number of nitrogens with one attached hydrogen (secondary N) is 1. The number of carbonyl (C=O) groups excluding carboxylic acids is 3. The number of piperazine rings is 1. The van der Waals surface area contributed by atoms with Crippen molar-refractivity contribution in [3.05, 3.63) is 0 Å². The highest BCUT2D eigenvalue weighted by molar-refractivity contribution is 6.06. The third kappa shape index (κ3) is 2.70. The third-order valence-electron chi connectivity index (χ3n) is 4.38. The van der Waals surface area contributed by atoms with Crippen LogP contribution in [0.25, 0.3) is 0 Å². The fourth-order valence-electron chi connectivity index (χ4n) is 3.22. The van der Waals surface area contributed by atoms with E-state index in [0.29, 0.717) is 12.3 Å². The fourth-order valence-corrected chi connectivity index (χ4v) is 3.22. The van der Waals surface area contributed by atoms with E-state index in [1.165, 1.54) is 4.90 Å². The summed E-state index contributed by atoms with van der Waals surface area (Å²) in [5.74, 6) is -0.761. The molecule has 3 amide bonds. The third-order valence-corrected chi connectivity index (χ3v) is 4.38. The van der Waals surface area contributed by atoms with Crippen LogP contribution in [-0.4, -0.2) is 40.7 Å². The quantitative estimate of drug-likeness (QED) is 0.662. The highest BCUT2D eigenvalue weighted by Gasteiger charge is 2.46. The highest BCUT2D eigenvalue weighted by atomic mass is 16.2. The van der Waals surface area contributed by atoms with Crippen LogP contribution < -0.4 is 11.1 Å². The number of hydrogen-bond acceptors (Lipinski definition) is 4. The largest absolute Gasteiger partial charge is 0.328 e. The molecule has 6 nitrogen and oxygen atoms in total. The molecule has 1 saturated heterocycles. The molecule has 1 aliphatic carbocycles. The van der Waals surface area contributed by atoms with Gasteiger partial charge in [0, 0.05) is 12.0 Å². The summed E-state index contributed by atoms with van der Waals surface area (Å²) in [6, 6.07) is 0.0186. The molecule has 0 aromatic rings. The molecule has 2 aliphatic rings. The Morgan fingerprint density at radius 3 is 2.55 bits per heavy atom. The van der Waals surface area contributed by atoms with E-state index < -0.39 is 17.4 Å². The van der Waals surface area contributed by atoms with Crippen molar-refractivity contribution in [3.8, 4) is 0 Å². The first-order chi connectivity index (χ1) is 9.21. The smallest absolute Gasteiger partial charge is 0.252 e. The predicted molar refractivity (Wildman–Crippen MR) is 73.4 cm³/mol. The first-order valence-electron chi connectivity index (χ1n) is 7.13. The van der Waals surface area contributed by atoms with E-state index in [0.717, 1.165) is 12.8 Å². The molecule has 2 fully saturated rings. The monoisotopic (exact) mass is 281 g/mol. The molecule has 3 N–H and O–H groups in total. The molecule has 3 unspecified atom stereocenters. The molecule has 3 atom stereocenters. The van der Waals surface area contributed by atoms with Gasteiger partial charge in [-0.1, -0.05) is 6.92 Å². The Bertz CT molecular complexity index is 437. The molecule has 1 heterocycles. The normalized spacial score (nSPS) is 33.8. The zero-order valence-corrected chi connectivity index (χ0v) is 12.3. The maximum absolute atomic E-state index is 12.7. The van der Waals surface area contributed by atoms with Gasteiger partial charge in [0.25, 0.3) is 5.91 Å². The molecule has 112 valence electrons. The average molecular weight is 281 g/mol. The molecule has 1 saturated carbocycles. The zero-order chi connectivity index (χ0) is 15.1. The summed E-state index contributed by atoms with van der Waals surface area (Å²) in [4.78, 5) is 37.5. The van der Waals surface area contributed by atoms with Crippen molar-refractivity contribution in [3.63, 3.8) is 0 Å². The molecule has 2 rings (SSSR count). The Hall–Kier alpha value is -1.43. The van der Waals surface area contributed by atoms with Gasteiger partial charge >= 0.3 is 0 Å². The van der Waals surface area contributed by atoms with Crippen LogP contribution in [0.3, 0.4) is 0 Å². The summed E-state index contributed by atoms with van der Waals surface area (Å²) >= 11 is 0. The number of amides is 3. The van der Waals surface area contributed by atoms with Gasteiger partial charge in [0.2, 0.25) is 11.8 Å². The topological polar surface area (TPSA) is 92.5 Å². The fraction of sp³-hybridized carbons (Fsp3) is 0.786. The van der Waals surface area contributed by atoms with Crippen LogP contribution in [0.4, 0.5) is 0 Å². The number of rotatable bonds is 1. The molecule has 1 aliphatic heterocycles. The minimum Gasteiger partial charge on any atom is -0.328 e. The van der Waals surface area contributed by atoms with E-state index in [9.17, 15) is 14.4 Å². The van der Waals surface area contributed by atoms with Crippen molar-refractivity contribution in [2.45, 2.75) is 51.6 Å². The van der Waals surface area contributed by atoms with Crippen molar-refractivity contribution in [2.24, 2.45) is 17.6 Å². The van der Waals surface area contributed by atoms with Gasteiger partial charge < -0.3 is 10.6 Å². The minimum atomic E-state index is -0.990. The standard InChI is InChI=1S/C14H23N3O3/c1-8-4-9(6-10(15)5-8)12(19)17-7-11(18)16-13(20)14(17,2)3/h8-10H,4-7,15H2,1-3H3,(H,16,18,20). The lowest BCUT2D eigenvalue weighted by molar-refractivity contribution is -0.158. The summed E-state index contributed by atoms with van der Waals surface area (Å²) in [6.45, 7) is 5.36. The van der Waals surface area contributed by atoms with Gasteiger partial charge in [0.1, 0.15) is 12.1 Å². The second kappa shape index (κ2) is 5.16. The lowest BCUT2D eigenvalue weighted by atomic mass is 9.78. The number of nitrogens with two attached hydrogens (primary N) is 1. The van der Waals surface area contributed by atoms with Crippen molar-refractivity contribution >= 4 is 17.7 Å². The van der Waals surface area contributed by atoms with E-state index in [-0.39, 0.29) is 24.4 Å². The van der Waals surface area contributed by atoms with E-state index in [2.05, 4.69) is 12.2 Å². The van der Waals surface area contributed by atoms with Crippen molar-refractivity contribution in [1.29, 1.82) is 0 Å². The second-order valence-electron chi connectivity index (χ2n) is 6.63. The number of nitrogens with zero attached hydrogens (tertiary/aromatic N) is 1. The molecule has 0 aromatic carbocycles. The van der Waals surface area contributed by atoms with Gasteiger partial charge in [-0.3, -0.25) is 19.7 Å². The lowest BCUT2D eigenvalue weighted by Crippen LogP contribution is -2.66. The SMILES string of the molecule is CC1CC(N)CC(C(=O)N2CC(=O)NC(=O)C2(C)C)C1. The predicted octanol–water partition coefficient (Wildman–Crippen LogP) is 0.0135. The summed E-state index contributed by atoms with van der Waals surface area (Å²) in [5.41, 5.74) is 5.00. The summed E-state index contributed by atoms with van der Waals surface area (Å²) in [5, 5.41) is 2.28. The maximum Gasteiger partial charge on any atom is 0.252 e. The van der Waals surface area contributed by atoms with Crippen LogP contribution in [0.1, 0.15) is 40.0 Å². The van der Waals surface area contributed by atoms with Gasteiger partial charge in [-0.05, 0) is 39.0 Å². The Morgan fingerprint density at radius 1 is 1.30 bits per heavy atom. The van der Waals surface area contributed by atoms with E-state index in [1.807, 2.05) is 0 Å². The van der Waals surface area contributed by atoms with Crippen molar-refractivity contribution < 1.29 is 14.4 Å². The number of imide groups is 1. The Morgan fingerprint density at radius 2 is 1.95 bits per heavy atom. The van der Waals surface area contributed by atoms with Gasteiger partial charge in [-0.15, -0.1) is 0 Å². The molecular weight excluding hydrogens is 258 g/mol. The van der Waals surface area contributed by atoms with Gasteiger partial charge in [0.15, 0.2) is 0 Å². The summed E-state index contributed by atoms with van der Waals surface area (Å²) in [7, 11) is 0. The average Bonchev–Trinajstić information content (AvgIpc) is 2.32.